The van der Waals surface area contributed by atoms with E-state index in [0.717, 1.165) is 0 Å². The number of halogens is 1. The fraction of sp³-hybridized carbons (Fsp3) is 0.125. The maximum absolute atomic E-state index is 13.5. The molecule has 2 aromatic rings. The first-order valence-corrected chi connectivity index (χ1v) is 6.15. The Kier molecular flexibility index (Phi) is 4.52. The molecule has 106 valence electrons. The van der Waals surface area contributed by atoms with E-state index in [0.29, 0.717) is 16.9 Å². The quantitative estimate of drug-likeness (QED) is 0.640. The number of benzene rings is 2. The number of hydrogen-bond acceptors (Lipinski definition) is 4. The number of nitrogens with zero attached hydrogens (tertiary/aromatic N) is 1. The average molecular weight is 285 g/mol. The molecule has 0 aliphatic rings. The van der Waals surface area contributed by atoms with Gasteiger partial charge in [-0.25, -0.2) is 4.39 Å². The fourth-order valence-corrected chi connectivity index (χ4v) is 1.75. The van der Waals surface area contributed by atoms with Gasteiger partial charge in [-0.05, 0) is 42.0 Å². The van der Waals surface area contributed by atoms with E-state index in [4.69, 9.17) is 14.7 Å². The van der Waals surface area contributed by atoms with Crippen molar-refractivity contribution in [3.63, 3.8) is 0 Å². The zero-order chi connectivity index (χ0) is 15.2. The fourth-order valence-electron chi connectivity index (χ4n) is 1.75. The van der Waals surface area contributed by atoms with Crippen molar-refractivity contribution in [2.75, 3.05) is 7.11 Å². The second-order valence-corrected chi connectivity index (χ2v) is 4.26. The SMILES string of the molecule is COc1ccc(CC(=O)Oc2ccc(C#N)cc2)cc1F. The van der Waals surface area contributed by atoms with Gasteiger partial charge in [0.25, 0.3) is 0 Å². The maximum Gasteiger partial charge on any atom is 0.315 e. The van der Waals surface area contributed by atoms with Gasteiger partial charge in [0.15, 0.2) is 11.6 Å². The van der Waals surface area contributed by atoms with Crippen LogP contribution in [0.1, 0.15) is 11.1 Å². The van der Waals surface area contributed by atoms with E-state index in [2.05, 4.69) is 0 Å². The molecular formula is C16H12FNO3. The summed E-state index contributed by atoms with van der Waals surface area (Å²) in [4.78, 5) is 11.8. The molecule has 5 heteroatoms. The van der Waals surface area contributed by atoms with Crippen molar-refractivity contribution in [3.8, 4) is 17.6 Å². The number of nitriles is 1. The second kappa shape index (κ2) is 6.53. The summed E-state index contributed by atoms with van der Waals surface area (Å²) in [7, 11) is 1.37. The van der Waals surface area contributed by atoms with Crippen molar-refractivity contribution < 1.29 is 18.7 Å². The lowest BCUT2D eigenvalue weighted by molar-refractivity contribution is -0.133. The molecule has 0 aliphatic heterocycles. The average Bonchev–Trinajstić information content (AvgIpc) is 2.48. The summed E-state index contributed by atoms with van der Waals surface area (Å²) in [5.74, 6) is -0.572. The third-order valence-corrected chi connectivity index (χ3v) is 2.78. The monoisotopic (exact) mass is 285 g/mol. The van der Waals surface area contributed by atoms with Crippen LogP contribution in [0.4, 0.5) is 4.39 Å². The summed E-state index contributed by atoms with van der Waals surface area (Å²) in [5.41, 5.74) is 0.971. The minimum Gasteiger partial charge on any atom is -0.494 e. The Hall–Kier alpha value is -2.87. The standard InChI is InChI=1S/C16H12FNO3/c1-20-15-7-4-12(8-14(15)17)9-16(19)21-13-5-2-11(10-18)3-6-13/h2-8H,9H2,1H3. The highest BCUT2D eigenvalue weighted by atomic mass is 19.1. The van der Waals surface area contributed by atoms with Crippen LogP contribution in [0.5, 0.6) is 11.5 Å². The van der Waals surface area contributed by atoms with Gasteiger partial charge in [0.1, 0.15) is 5.75 Å². The highest BCUT2D eigenvalue weighted by Gasteiger charge is 2.09. The summed E-state index contributed by atoms with van der Waals surface area (Å²) >= 11 is 0. The third kappa shape index (κ3) is 3.80. The molecule has 0 saturated carbocycles. The van der Waals surface area contributed by atoms with Crippen molar-refractivity contribution in [3.05, 3.63) is 59.4 Å². The summed E-state index contributed by atoms with van der Waals surface area (Å²) in [5, 5.41) is 8.67. The van der Waals surface area contributed by atoms with Gasteiger partial charge in [0, 0.05) is 0 Å². The second-order valence-electron chi connectivity index (χ2n) is 4.26. The zero-order valence-corrected chi connectivity index (χ0v) is 11.3. The van der Waals surface area contributed by atoms with Crippen molar-refractivity contribution >= 4 is 5.97 Å². The topological polar surface area (TPSA) is 59.3 Å². The predicted octanol–water partition coefficient (Wildman–Crippen LogP) is 2.85. The van der Waals surface area contributed by atoms with E-state index in [1.807, 2.05) is 6.07 Å². The number of ether oxygens (including phenoxy) is 2. The molecule has 0 atom stereocenters. The number of rotatable bonds is 4. The van der Waals surface area contributed by atoms with E-state index in [-0.39, 0.29) is 12.2 Å². The molecule has 0 aliphatic carbocycles. The molecule has 0 saturated heterocycles. The number of carbonyl (C=O) groups excluding carboxylic acids is 1. The van der Waals surface area contributed by atoms with Crippen LogP contribution in [0.3, 0.4) is 0 Å². The third-order valence-electron chi connectivity index (χ3n) is 2.78. The van der Waals surface area contributed by atoms with Gasteiger partial charge < -0.3 is 9.47 Å². The van der Waals surface area contributed by atoms with Crippen LogP contribution in [0.15, 0.2) is 42.5 Å². The van der Waals surface area contributed by atoms with Crippen LogP contribution in [-0.2, 0) is 11.2 Å². The lowest BCUT2D eigenvalue weighted by atomic mass is 10.1. The summed E-state index contributed by atoms with van der Waals surface area (Å²) in [6.45, 7) is 0. The molecule has 2 rings (SSSR count). The Balaban J connectivity index is 2.01. The molecule has 0 bridgehead atoms. The Morgan fingerprint density at radius 2 is 1.95 bits per heavy atom. The molecule has 0 spiro atoms. The number of esters is 1. The Bertz CT molecular complexity index is 690. The van der Waals surface area contributed by atoms with Gasteiger partial charge in [-0.15, -0.1) is 0 Å². The van der Waals surface area contributed by atoms with E-state index in [9.17, 15) is 9.18 Å². The molecule has 21 heavy (non-hydrogen) atoms. The highest BCUT2D eigenvalue weighted by molar-refractivity contribution is 5.75. The zero-order valence-electron chi connectivity index (χ0n) is 11.3. The Morgan fingerprint density at radius 3 is 2.52 bits per heavy atom. The van der Waals surface area contributed by atoms with E-state index < -0.39 is 11.8 Å². The van der Waals surface area contributed by atoms with Crippen molar-refractivity contribution in [2.24, 2.45) is 0 Å². The van der Waals surface area contributed by atoms with Crippen molar-refractivity contribution in [2.45, 2.75) is 6.42 Å². The molecular weight excluding hydrogens is 273 g/mol. The highest BCUT2D eigenvalue weighted by Crippen LogP contribution is 2.19. The summed E-state index contributed by atoms with van der Waals surface area (Å²) < 4.78 is 23.4. The first-order chi connectivity index (χ1) is 10.1. The van der Waals surface area contributed by atoms with Gasteiger partial charge in [-0.2, -0.15) is 5.26 Å². The first kappa shape index (κ1) is 14.5. The normalized spacial score (nSPS) is 9.76. The van der Waals surface area contributed by atoms with Crippen LogP contribution in [0.25, 0.3) is 0 Å². The van der Waals surface area contributed by atoms with Gasteiger partial charge in [0.05, 0.1) is 25.2 Å². The smallest absolute Gasteiger partial charge is 0.315 e. The van der Waals surface area contributed by atoms with Gasteiger partial charge in [-0.1, -0.05) is 6.07 Å². The molecule has 0 unspecified atom stereocenters. The molecule has 2 aromatic carbocycles. The number of carbonyl (C=O) groups is 1. The van der Waals surface area contributed by atoms with Crippen molar-refractivity contribution in [1.29, 1.82) is 5.26 Å². The Morgan fingerprint density at radius 1 is 1.24 bits per heavy atom. The molecule has 4 nitrogen and oxygen atoms in total. The van der Waals surface area contributed by atoms with Crippen LogP contribution < -0.4 is 9.47 Å². The number of hydrogen-bond donors (Lipinski definition) is 0. The van der Waals surface area contributed by atoms with Gasteiger partial charge >= 0.3 is 5.97 Å². The van der Waals surface area contributed by atoms with Crippen LogP contribution >= 0.6 is 0 Å². The van der Waals surface area contributed by atoms with E-state index in [1.54, 1.807) is 18.2 Å². The lowest BCUT2D eigenvalue weighted by Crippen LogP contribution is -2.11. The molecule has 0 radical (unpaired) electrons. The Labute approximate surface area is 121 Å². The minimum absolute atomic E-state index is 0.0546. The molecule has 0 aromatic heterocycles. The predicted molar refractivity (Wildman–Crippen MR) is 73.4 cm³/mol. The van der Waals surface area contributed by atoms with Gasteiger partial charge in [-0.3, -0.25) is 4.79 Å². The van der Waals surface area contributed by atoms with Crippen LogP contribution in [0, 0.1) is 17.1 Å². The van der Waals surface area contributed by atoms with Crippen molar-refractivity contribution in [1.82, 2.24) is 0 Å². The molecule has 0 heterocycles. The van der Waals surface area contributed by atoms with E-state index >= 15 is 0 Å². The van der Waals surface area contributed by atoms with Crippen LogP contribution in [0.2, 0.25) is 0 Å². The van der Waals surface area contributed by atoms with E-state index in [1.165, 1.54) is 31.4 Å². The molecule has 0 N–H and O–H groups in total. The lowest BCUT2D eigenvalue weighted by Gasteiger charge is -2.06. The van der Waals surface area contributed by atoms with Crippen LogP contribution in [-0.4, -0.2) is 13.1 Å². The molecule has 0 fully saturated rings. The largest absolute Gasteiger partial charge is 0.494 e. The summed E-state index contributed by atoms with van der Waals surface area (Å²) in [6.07, 6.45) is -0.0546. The first-order valence-electron chi connectivity index (χ1n) is 6.15. The maximum atomic E-state index is 13.5. The minimum atomic E-state index is -0.527. The number of methoxy groups -OCH3 is 1. The summed E-state index contributed by atoms with van der Waals surface area (Å²) in [6, 6.07) is 12.4. The molecule has 0 amide bonds. The van der Waals surface area contributed by atoms with Gasteiger partial charge in [0.2, 0.25) is 0 Å².